The first-order chi connectivity index (χ1) is 8.25. The summed E-state index contributed by atoms with van der Waals surface area (Å²) < 4.78 is 14.7. The number of carbonyl (C=O) groups is 1. The number of aromatic nitrogens is 1. The lowest BCUT2D eigenvalue weighted by Gasteiger charge is -2.03. The van der Waals surface area contributed by atoms with Crippen molar-refractivity contribution in [1.29, 1.82) is 0 Å². The Kier molecular flexibility index (Phi) is 3.70. The molecule has 0 saturated heterocycles. The van der Waals surface area contributed by atoms with Crippen LogP contribution in [-0.4, -0.2) is 10.4 Å². The van der Waals surface area contributed by atoms with Crippen molar-refractivity contribution in [1.82, 2.24) is 4.57 Å². The Bertz CT molecular complexity index is 473. The number of ketones is 1. The molecular weight excluding hydrogens is 217 g/mol. The largest absolute Gasteiger partial charge is 0.354 e. The molecule has 0 N–H and O–H groups in total. The van der Waals surface area contributed by atoms with E-state index in [1.807, 2.05) is 29.1 Å². The van der Waals surface area contributed by atoms with Crippen molar-refractivity contribution in [2.75, 3.05) is 0 Å². The van der Waals surface area contributed by atoms with E-state index in [4.69, 9.17) is 0 Å². The van der Waals surface area contributed by atoms with Crippen LogP contribution < -0.4 is 0 Å². The molecular formula is C14H14FNO. The summed E-state index contributed by atoms with van der Waals surface area (Å²) in [6.07, 6.45) is 5.24. The van der Waals surface area contributed by atoms with Crippen LogP contribution >= 0.6 is 0 Å². The van der Waals surface area contributed by atoms with E-state index in [1.165, 1.54) is 24.3 Å². The zero-order valence-electron chi connectivity index (χ0n) is 9.47. The minimum absolute atomic E-state index is 0.0668. The summed E-state index contributed by atoms with van der Waals surface area (Å²) in [5.41, 5.74) is 0.582. The van der Waals surface area contributed by atoms with Crippen molar-refractivity contribution in [2.45, 2.75) is 19.4 Å². The number of hydrogen-bond acceptors (Lipinski definition) is 1. The first kappa shape index (κ1) is 11.6. The maximum absolute atomic E-state index is 12.7. The molecule has 0 fully saturated rings. The number of aryl methyl sites for hydroxylation is 1. The van der Waals surface area contributed by atoms with Gasteiger partial charge in [-0.15, -0.1) is 0 Å². The number of hydrogen-bond donors (Lipinski definition) is 0. The molecule has 0 spiro atoms. The molecule has 2 aromatic rings. The molecule has 2 rings (SSSR count). The molecule has 0 aliphatic rings. The predicted molar refractivity (Wildman–Crippen MR) is 64.4 cm³/mol. The Hall–Kier alpha value is -1.90. The van der Waals surface area contributed by atoms with Gasteiger partial charge in [0.2, 0.25) is 0 Å². The van der Waals surface area contributed by atoms with Crippen LogP contribution in [0.2, 0.25) is 0 Å². The van der Waals surface area contributed by atoms with E-state index in [0.717, 1.165) is 13.0 Å². The van der Waals surface area contributed by atoms with E-state index in [9.17, 15) is 9.18 Å². The minimum atomic E-state index is -0.311. The summed E-state index contributed by atoms with van der Waals surface area (Å²) >= 11 is 0. The fraction of sp³-hybridized carbons (Fsp3) is 0.214. The number of nitrogens with zero attached hydrogens (tertiary/aromatic N) is 1. The van der Waals surface area contributed by atoms with E-state index in [1.54, 1.807) is 0 Å². The third-order valence-electron chi connectivity index (χ3n) is 2.65. The Morgan fingerprint density at radius 3 is 2.41 bits per heavy atom. The normalized spacial score (nSPS) is 10.4. The average molecular weight is 231 g/mol. The Labute approximate surface area is 99.7 Å². The average Bonchev–Trinajstić information content (AvgIpc) is 2.83. The first-order valence-electron chi connectivity index (χ1n) is 5.65. The summed E-state index contributed by atoms with van der Waals surface area (Å²) in [4.78, 5) is 11.8. The highest BCUT2D eigenvalue weighted by Gasteiger charge is 2.05. The highest BCUT2D eigenvalue weighted by molar-refractivity contribution is 5.95. The monoisotopic (exact) mass is 231 g/mol. The number of benzene rings is 1. The molecule has 2 nitrogen and oxygen atoms in total. The summed E-state index contributed by atoms with van der Waals surface area (Å²) in [5.74, 6) is -0.244. The summed E-state index contributed by atoms with van der Waals surface area (Å²) in [5, 5.41) is 0. The van der Waals surface area contributed by atoms with E-state index >= 15 is 0 Å². The predicted octanol–water partition coefficient (Wildman–Crippen LogP) is 3.29. The van der Waals surface area contributed by atoms with Gasteiger partial charge in [-0.1, -0.05) is 0 Å². The van der Waals surface area contributed by atoms with E-state index in [0.29, 0.717) is 12.0 Å². The van der Waals surface area contributed by atoms with Crippen LogP contribution in [0.25, 0.3) is 0 Å². The Morgan fingerprint density at radius 1 is 1.12 bits per heavy atom. The van der Waals surface area contributed by atoms with Crippen LogP contribution in [0.4, 0.5) is 4.39 Å². The SMILES string of the molecule is O=C(CCCn1cccc1)c1ccc(F)cc1. The van der Waals surface area contributed by atoms with Crippen LogP contribution in [-0.2, 0) is 6.54 Å². The number of halogens is 1. The first-order valence-corrected chi connectivity index (χ1v) is 5.65. The van der Waals surface area contributed by atoms with Crippen molar-refractivity contribution < 1.29 is 9.18 Å². The van der Waals surface area contributed by atoms with E-state index < -0.39 is 0 Å². The van der Waals surface area contributed by atoms with Gasteiger partial charge in [-0.3, -0.25) is 4.79 Å². The third kappa shape index (κ3) is 3.28. The van der Waals surface area contributed by atoms with Crippen LogP contribution in [0.1, 0.15) is 23.2 Å². The molecule has 17 heavy (non-hydrogen) atoms. The van der Waals surface area contributed by atoms with Crippen LogP contribution in [0.5, 0.6) is 0 Å². The second-order valence-electron chi connectivity index (χ2n) is 3.95. The molecule has 1 heterocycles. The lowest BCUT2D eigenvalue weighted by atomic mass is 10.1. The van der Waals surface area contributed by atoms with Gasteiger partial charge in [-0.05, 0) is 42.8 Å². The van der Waals surface area contributed by atoms with Crippen LogP contribution in [0.15, 0.2) is 48.8 Å². The third-order valence-corrected chi connectivity index (χ3v) is 2.65. The van der Waals surface area contributed by atoms with Gasteiger partial charge in [0.1, 0.15) is 5.82 Å². The molecule has 0 saturated carbocycles. The van der Waals surface area contributed by atoms with Gasteiger partial charge in [0, 0.05) is 30.9 Å². The van der Waals surface area contributed by atoms with Gasteiger partial charge >= 0.3 is 0 Å². The van der Waals surface area contributed by atoms with E-state index in [2.05, 4.69) is 0 Å². The van der Waals surface area contributed by atoms with Gasteiger partial charge in [0.15, 0.2) is 5.78 Å². The molecule has 3 heteroatoms. The molecule has 0 radical (unpaired) electrons. The van der Waals surface area contributed by atoms with E-state index in [-0.39, 0.29) is 11.6 Å². The van der Waals surface area contributed by atoms with Crippen molar-refractivity contribution in [3.8, 4) is 0 Å². The summed E-state index contributed by atoms with van der Waals surface area (Å²) in [6, 6.07) is 9.63. The maximum Gasteiger partial charge on any atom is 0.162 e. The summed E-state index contributed by atoms with van der Waals surface area (Å²) in [6.45, 7) is 0.833. The van der Waals surface area contributed by atoms with Crippen molar-refractivity contribution in [3.63, 3.8) is 0 Å². The fourth-order valence-corrected chi connectivity index (χ4v) is 1.72. The molecule has 0 aliphatic heterocycles. The highest BCUT2D eigenvalue weighted by Crippen LogP contribution is 2.08. The molecule has 0 aliphatic carbocycles. The number of rotatable bonds is 5. The second-order valence-corrected chi connectivity index (χ2v) is 3.95. The van der Waals surface area contributed by atoms with Gasteiger partial charge in [0.05, 0.1) is 0 Å². The lowest BCUT2D eigenvalue weighted by molar-refractivity contribution is 0.0978. The summed E-state index contributed by atoms with van der Waals surface area (Å²) in [7, 11) is 0. The highest BCUT2D eigenvalue weighted by atomic mass is 19.1. The van der Waals surface area contributed by atoms with Gasteiger partial charge in [-0.2, -0.15) is 0 Å². The van der Waals surface area contributed by atoms with Crippen molar-refractivity contribution in [3.05, 3.63) is 60.2 Å². The Morgan fingerprint density at radius 2 is 1.76 bits per heavy atom. The Balaban J connectivity index is 1.83. The van der Waals surface area contributed by atoms with Crippen molar-refractivity contribution in [2.24, 2.45) is 0 Å². The van der Waals surface area contributed by atoms with Gasteiger partial charge < -0.3 is 4.57 Å². The van der Waals surface area contributed by atoms with Gasteiger partial charge in [-0.25, -0.2) is 4.39 Å². The van der Waals surface area contributed by atoms with Crippen molar-refractivity contribution >= 4 is 5.78 Å². The zero-order valence-corrected chi connectivity index (χ0v) is 9.47. The standard InChI is InChI=1S/C14H14FNO/c15-13-7-5-12(6-8-13)14(17)4-3-11-16-9-1-2-10-16/h1-2,5-10H,3-4,11H2. The maximum atomic E-state index is 12.7. The quantitative estimate of drug-likeness (QED) is 0.724. The molecule has 0 unspecified atom stereocenters. The van der Waals surface area contributed by atoms with Crippen LogP contribution in [0, 0.1) is 5.82 Å². The fourth-order valence-electron chi connectivity index (χ4n) is 1.72. The van der Waals surface area contributed by atoms with Gasteiger partial charge in [0.25, 0.3) is 0 Å². The zero-order chi connectivity index (χ0) is 12.1. The molecule has 1 aromatic heterocycles. The molecule has 0 atom stereocenters. The number of Topliss-reactive ketones (excluding diaryl/α,β-unsaturated/α-hetero) is 1. The minimum Gasteiger partial charge on any atom is -0.354 e. The molecule has 88 valence electrons. The smallest absolute Gasteiger partial charge is 0.162 e. The number of carbonyl (C=O) groups excluding carboxylic acids is 1. The lowest BCUT2D eigenvalue weighted by Crippen LogP contribution is -2.02. The molecule has 0 amide bonds. The topological polar surface area (TPSA) is 22.0 Å². The van der Waals surface area contributed by atoms with Crippen LogP contribution in [0.3, 0.4) is 0 Å². The molecule has 0 bridgehead atoms. The molecule has 1 aromatic carbocycles. The second kappa shape index (κ2) is 5.43.